The van der Waals surface area contributed by atoms with Crippen LogP contribution in [-0.2, 0) is 6.42 Å². The molecule has 0 bridgehead atoms. The van der Waals surface area contributed by atoms with Crippen LogP contribution < -0.4 is 5.73 Å². The quantitative estimate of drug-likeness (QED) is 0.766. The summed E-state index contributed by atoms with van der Waals surface area (Å²) >= 11 is 3.54. The van der Waals surface area contributed by atoms with Crippen molar-refractivity contribution in [3.8, 4) is 0 Å². The number of hydrogen-bond donors (Lipinski definition) is 1. The highest BCUT2D eigenvalue weighted by Gasteiger charge is 2.04. The zero-order valence-corrected chi connectivity index (χ0v) is 9.64. The Morgan fingerprint density at radius 3 is 2.64 bits per heavy atom. The summed E-state index contributed by atoms with van der Waals surface area (Å²) in [6, 6.07) is 10.3. The normalized spacial score (nSPS) is 10.7. The molecule has 2 aromatic rings. The first kappa shape index (κ1) is 9.53. The molecule has 0 radical (unpaired) electrons. The molecule has 0 saturated heterocycles. The second kappa shape index (κ2) is 3.62. The highest BCUT2D eigenvalue weighted by molar-refractivity contribution is 9.10. The van der Waals surface area contributed by atoms with Gasteiger partial charge in [0.15, 0.2) is 0 Å². The number of hydrogen-bond acceptors (Lipinski definition) is 1. The Balaban J connectivity index is 2.88. The first-order chi connectivity index (χ1) is 6.74. The zero-order valence-electron chi connectivity index (χ0n) is 8.05. The van der Waals surface area contributed by atoms with E-state index in [9.17, 15) is 0 Å². The SMILES string of the molecule is CCc1c(N)ccc2c(Br)cccc12. The van der Waals surface area contributed by atoms with E-state index in [1.165, 1.54) is 16.3 Å². The predicted octanol–water partition coefficient (Wildman–Crippen LogP) is 3.75. The summed E-state index contributed by atoms with van der Waals surface area (Å²) in [7, 11) is 0. The summed E-state index contributed by atoms with van der Waals surface area (Å²) < 4.78 is 1.13. The van der Waals surface area contributed by atoms with Crippen molar-refractivity contribution in [2.75, 3.05) is 5.73 Å². The lowest BCUT2D eigenvalue weighted by molar-refractivity contribution is 1.16. The van der Waals surface area contributed by atoms with Gasteiger partial charge in [0.05, 0.1) is 0 Å². The lowest BCUT2D eigenvalue weighted by atomic mass is 10.0. The van der Waals surface area contributed by atoms with Crippen molar-refractivity contribution < 1.29 is 0 Å². The number of aryl methyl sites for hydroxylation is 1. The van der Waals surface area contributed by atoms with Gasteiger partial charge in [0, 0.05) is 10.2 Å². The molecule has 0 fully saturated rings. The number of benzene rings is 2. The van der Waals surface area contributed by atoms with E-state index >= 15 is 0 Å². The number of halogens is 1. The van der Waals surface area contributed by atoms with E-state index in [-0.39, 0.29) is 0 Å². The third kappa shape index (κ3) is 1.40. The molecule has 0 unspecified atom stereocenters. The second-order valence-electron chi connectivity index (χ2n) is 3.32. The van der Waals surface area contributed by atoms with Gasteiger partial charge in [-0.2, -0.15) is 0 Å². The first-order valence-electron chi connectivity index (χ1n) is 4.69. The van der Waals surface area contributed by atoms with E-state index in [4.69, 9.17) is 5.73 Å². The smallest absolute Gasteiger partial charge is 0.0352 e. The number of nitrogens with two attached hydrogens (primary N) is 1. The van der Waals surface area contributed by atoms with E-state index in [1.807, 2.05) is 12.1 Å². The second-order valence-corrected chi connectivity index (χ2v) is 4.18. The van der Waals surface area contributed by atoms with Crippen LogP contribution in [0.5, 0.6) is 0 Å². The minimum absolute atomic E-state index is 0.887. The van der Waals surface area contributed by atoms with Crippen molar-refractivity contribution in [1.29, 1.82) is 0 Å². The summed E-state index contributed by atoms with van der Waals surface area (Å²) in [6.07, 6.45) is 0.972. The van der Waals surface area contributed by atoms with Gasteiger partial charge < -0.3 is 5.73 Å². The standard InChI is InChI=1S/C12H12BrN/c1-2-8-9-4-3-5-11(13)10(9)6-7-12(8)14/h3-7H,2,14H2,1H3. The Morgan fingerprint density at radius 1 is 1.14 bits per heavy atom. The van der Waals surface area contributed by atoms with Crippen molar-refractivity contribution >= 4 is 32.4 Å². The van der Waals surface area contributed by atoms with Crippen LogP contribution in [0.2, 0.25) is 0 Å². The van der Waals surface area contributed by atoms with Crippen LogP contribution in [0.3, 0.4) is 0 Å². The molecule has 2 N–H and O–H groups in total. The van der Waals surface area contributed by atoms with Crippen molar-refractivity contribution in [2.24, 2.45) is 0 Å². The van der Waals surface area contributed by atoms with E-state index < -0.39 is 0 Å². The topological polar surface area (TPSA) is 26.0 Å². The minimum Gasteiger partial charge on any atom is -0.398 e. The fourth-order valence-corrected chi connectivity index (χ4v) is 2.29. The predicted molar refractivity (Wildman–Crippen MR) is 65.4 cm³/mol. The first-order valence-corrected chi connectivity index (χ1v) is 5.49. The van der Waals surface area contributed by atoms with Crippen LogP contribution in [0.15, 0.2) is 34.8 Å². The lowest BCUT2D eigenvalue weighted by Crippen LogP contribution is -1.93. The summed E-state index contributed by atoms with van der Waals surface area (Å²) in [5.74, 6) is 0. The van der Waals surface area contributed by atoms with E-state index in [2.05, 4.69) is 41.1 Å². The van der Waals surface area contributed by atoms with Gasteiger partial charge in [0.2, 0.25) is 0 Å². The molecular formula is C12H12BrN. The van der Waals surface area contributed by atoms with E-state index in [1.54, 1.807) is 0 Å². The molecule has 14 heavy (non-hydrogen) atoms. The van der Waals surface area contributed by atoms with Crippen molar-refractivity contribution in [3.63, 3.8) is 0 Å². The number of fused-ring (bicyclic) bond motifs is 1. The number of anilines is 1. The van der Waals surface area contributed by atoms with Gasteiger partial charge in [-0.1, -0.05) is 41.1 Å². The van der Waals surface area contributed by atoms with Gasteiger partial charge in [-0.3, -0.25) is 0 Å². The Bertz CT molecular complexity index is 477. The fraction of sp³-hybridized carbons (Fsp3) is 0.167. The molecule has 0 aliphatic carbocycles. The van der Waals surface area contributed by atoms with Crippen molar-refractivity contribution in [1.82, 2.24) is 0 Å². The molecule has 1 nitrogen and oxygen atoms in total. The summed E-state index contributed by atoms with van der Waals surface area (Å²) in [6.45, 7) is 2.13. The minimum atomic E-state index is 0.887. The van der Waals surface area contributed by atoms with Gasteiger partial charge in [-0.25, -0.2) is 0 Å². The van der Waals surface area contributed by atoms with Gasteiger partial charge in [0.1, 0.15) is 0 Å². The van der Waals surface area contributed by atoms with Crippen LogP contribution in [0.4, 0.5) is 5.69 Å². The van der Waals surface area contributed by atoms with Crippen molar-refractivity contribution in [3.05, 3.63) is 40.4 Å². The molecule has 2 rings (SSSR count). The van der Waals surface area contributed by atoms with Gasteiger partial charge in [-0.05, 0) is 34.9 Å². The Kier molecular flexibility index (Phi) is 2.46. The van der Waals surface area contributed by atoms with Crippen LogP contribution in [0, 0.1) is 0 Å². The molecule has 0 amide bonds. The molecule has 0 heterocycles. The molecular weight excluding hydrogens is 238 g/mol. The van der Waals surface area contributed by atoms with E-state index in [0.717, 1.165) is 16.6 Å². The largest absolute Gasteiger partial charge is 0.398 e. The molecule has 0 spiro atoms. The molecule has 0 aliphatic rings. The van der Waals surface area contributed by atoms with Gasteiger partial charge in [0.25, 0.3) is 0 Å². The lowest BCUT2D eigenvalue weighted by Gasteiger charge is -2.08. The molecule has 0 aliphatic heterocycles. The van der Waals surface area contributed by atoms with Crippen LogP contribution in [-0.4, -0.2) is 0 Å². The van der Waals surface area contributed by atoms with Gasteiger partial charge >= 0.3 is 0 Å². The maximum atomic E-state index is 5.93. The Hall–Kier alpha value is -1.02. The molecule has 0 saturated carbocycles. The molecule has 0 atom stereocenters. The molecule has 2 aromatic carbocycles. The van der Waals surface area contributed by atoms with Crippen molar-refractivity contribution in [2.45, 2.75) is 13.3 Å². The van der Waals surface area contributed by atoms with Gasteiger partial charge in [-0.15, -0.1) is 0 Å². The average molecular weight is 250 g/mol. The van der Waals surface area contributed by atoms with E-state index in [0.29, 0.717) is 0 Å². The van der Waals surface area contributed by atoms with Crippen LogP contribution in [0.1, 0.15) is 12.5 Å². The molecule has 72 valence electrons. The zero-order chi connectivity index (χ0) is 10.1. The number of rotatable bonds is 1. The highest BCUT2D eigenvalue weighted by atomic mass is 79.9. The average Bonchev–Trinajstić information content (AvgIpc) is 2.18. The Morgan fingerprint density at radius 2 is 1.93 bits per heavy atom. The third-order valence-electron chi connectivity index (χ3n) is 2.51. The molecule has 2 heteroatoms. The molecule has 0 aromatic heterocycles. The van der Waals surface area contributed by atoms with Crippen LogP contribution >= 0.6 is 15.9 Å². The number of nitrogen functional groups attached to an aromatic ring is 1. The third-order valence-corrected chi connectivity index (χ3v) is 3.20. The maximum Gasteiger partial charge on any atom is 0.0352 e. The van der Waals surface area contributed by atoms with Crippen LogP contribution in [0.25, 0.3) is 10.8 Å². The fourth-order valence-electron chi connectivity index (χ4n) is 1.79. The Labute approximate surface area is 92.1 Å². The summed E-state index contributed by atoms with van der Waals surface area (Å²) in [5, 5.41) is 2.49. The maximum absolute atomic E-state index is 5.93. The monoisotopic (exact) mass is 249 g/mol. The summed E-state index contributed by atoms with van der Waals surface area (Å²) in [5.41, 5.74) is 8.06. The highest BCUT2D eigenvalue weighted by Crippen LogP contribution is 2.29. The summed E-state index contributed by atoms with van der Waals surface area (Å²) in [4.78, 5) is 0.